The first-order valence-corrected chi connectivity index (χ1v) is 8.26. The van der Waals surface area contributed by atoms with Gasteiger partial charge in [0.25, 0.3) is 0 Å². The van der Waals surface area contributed by atoms with Gasteiger partial charge < -0.3 is 15.7 Å². The molecule has 0 unspecified atom stereocenters. The molecular weight excluding hydrogens is 324 g/mol. The number of nitrogens with one attached hydrogen (secondary N) is 2. The topological polar surface area (TPSA) is 102 Å². The van der Waals surface area contributed by atoms with Crippen molar-refractivity contribution in [3.63, 3.8) is 0 Å². The Kier molecular flexibility index (Phi) is 5.97. The molecule has 0 spiro atoms. The Morgan fingerprint density at radius 3 is 2.60 bits per heavy atom. The SMILES string of the molecule is CC[C@@H](CO)NC(=O)Nc1cccc(N2CCN(C(C)=O)C2=O)c1C. The van der Waals surface area contributed by atoms with Crippen molar-refractivity contribution in [3.8, 4) is 0 Å². The second kappa shape index (κ2) is 7.98. The number of urea groups is 2. The maximum absolute atomic E-state index is 12.4. The molecule has 0 aliphatic carbocycles. The summed E-state index contributed by atoms with van der Waals surface area (Å²) in [6.45, 7) is 5.66. The lowest BCUT2D eigenvalue weighted by atomic mass is 10.1. The minimum atomic E-state index is -0.417. The highest BCUT2D eigenvalue weighted by molar-refractivity contribution is 6.05. The monoisotopic (exact) mass is 348 g/mol. The summed E-state index contributed by atoms with van der Waals surface area (Å²) in [7, 11) is 0. The molecule has 8 nitrogen and oxygen atoms in total. The third-order valence-electron chi connectivity index (χ3n) is 4.28. The van der Waals surface area contributed by atoms with Gasteiger partial charge >= 0.3 is 12.1 Å². The molecule has 1 aromatic rings. The molecular formula is C17H24N4O4. The fraction of sp³-hybridized carbons (Fsp3) is 0.471. The van der Waals surface area contributed by atoms with E-state index in [4.69, 9.17) is 5.11 Å². The Labute approximate surface area is 146 Å². The molecule has 1 aliphatic heterocycles. The number of rotatable bonds is 5. The first-order valence-electron chi connectivity index (χ1n) is 8.26. The van der Waals surface area contributed by atoms with Crippen molar-refractivity contribution in [3.05, 3.63) is 23.8 Å². The van der Waals surface area contributed by atoms with Crippen molar-refractivity contribution in [2.75, 3.05) is 29.9 Å². The second-order valence-corrected chi connectivity index (χ2v) is 5.94. The van der Waals surface area contributed by atoms with Crippen molar-refractivity contribution in [1.29, 1.82) is 0 Å². The van der Waals surface area contributed by atoms with Gasteiger partial charge in [0.1, 0.15) is 0 Å². The third-order valence-corrected chi connectivity index (χ3v) is 4.28. The zero-order valence-corrected chi connectivity index (χ0v) is 14.7. The summed E-state index contributed by atoms with van der Waals surface area (Å²) in [6, 6.07) is 4.17. The maximum atomic E-state index is 12.4. The lowest BCUT2D eigenvalue weighted by molar-refractivity contribution is -0.125. The van der Waals surface area contributed by atoms with Gasteiger partial charge in [0.2, 0.25) is 5.91 Å². The number of carbonyl (C=O) groups is 3. The Morgan fingerprint density at radius 2 is 2.04 bits per heavy atom. The summed E-state index contributed by atoms with van der Waals surface area (Å²) in [6.07, 6.45) is 0.617. The van der Waals surface area contributed by atoms with Crippen LogP contribution in [-0.2, 0) is 4.79 Å². The van der Waals surface area contributed by atoms with E-state index in [1.165, 1.54) is 16.7 Å². The van der Waals surface area contributed by atoms with Gasteiger partial charge in [-0.05, 0) is 31.0 Å². The molecule has 0 bridgehead atoms. The minimum Gasteiger partial charge on any atom is -0.394 e. The van der Waals surface area contributed by atoms with Crippen LogP contribution in [0.1, 0.15) is 25.8 Å². The van der Waals surface area contributed by atoms with Gasteiger partial charge in [-0.3, -0.25) is 14.6 Å². The van der Waals surface area contributed by atoms with Gasteiger partial charge in [0.05, 0.1) is 18.3 Å². The van der Waals surface area contributed by atoms with Crippen molar-refractivity contribution in [2.24, 2.45) is 0 Å². The Morgan fingerprint density at radius 1 is 1.32 bits per heavy atom. The largest absolute Gasteiger partial charge is 0.394 e. The Bertz CT molecular complexity index is 673. The lowest BCUT2D eigenvalue weighted by Crippen LogP contribution is -2.40. The number of aliphatic hydroxyl groups excluding tert-OH is 1. The summed E-state index contributed by atoms with van der Waals surface area (Å²) in [5, 5.41) is 14.6. The molecule has 1 saturated heterocycles. The first-order chi connectivity index (χ1) is 11.9. The van der Waals surface area contributed by atoms with Gasteiger partial charge in [0, 0.05) is 25.7 Å². The maximum Gasteiger partial charge on any atom is 0.331 e. The predicted molar refractivity (Wildman–Crippen MR) is 94.6 cm³/mol. The second-order valence-electron chi connectivity index (χ2n) is 5.94. The number of aliphatic hydroxyl groups is 1. The van der Waals surface area contributed by atoms with Crippen LogP contribution in [0, 0.1) is 6.92 Å². The molecule has 0 aromatic heterocycles. The van der Waals surface area contributed by atoms with Crippen LogP contribution in [0.5, 0.6) is 0 Å². The normalized spacial score (nSPS) is 15.3. The summed E-state index contributed by atoms with van der Waals surface area (Å²) in [5.41, 5.74) is 1.95. The predicted octanol–water partition coefficient (Wildman–Crippen LogP) is 1.68. The highest BCUT2D eigenvalue weighted by Crippen LogP contribution is 2.29. The molecule has 0 radical (unpaired) electrons. The van der Waals surface area contributed by atoms with Gasteiger partial charge in [-0.1, -0.05) is 13.0 Å². The molecule has 1 aromatic carbocycles. The molecule has 1 atom stereocenters. The summed E-state index contributed by atoms with van der Waals surface area (Å²) >= 11 is 0. The molecule has 2 rings (SSSR count). The molecule has 1 heterocycles. The van der Waals surface area contributed by atoms with Crippen LogP contribution in [-0.4, -0.2) is 53.7 Å². The number of amides is 5. The van der Waals surface area contributed by atoms with E-state index >= 15 is 0 Å². The van der Waals surface area contributed by atoms with Crippen LogP contribution in [0.25, 0.3) is 0 Å². The number of hydrogen-bond acceptors (Lipinski definition) is 4. The van der Waals surface area contributed by atoms with E-state index in [-0.39, 0.29) is 24.6 Å². The van der Waals surface area contributed by atoms with Crippen molar-refractivity contribution in [2.45, 2.75) is 33.2 Å². The van der Waals surface area contributed by atoms with Crippen molar-refractivity contribution >= 4 is 29.3 Å². The van der Waals surface area contributed by atoms with Gasteiger partial charge in [-0.2, -0.15) is 0 Å². The number of anilines is 2. The van der Waals surface area contributed by atoms with Crippen LogP contribution in [0.3, 0.4) is 0 Å². The zero-order valence-electron chi connectivity index (χ0n) is 14.7. The minimum absolute atomic E-state index is 0.133. The fourth-order valence-corrected chi connectivity index (χ4v) is 2.72. The summed E-state index contributed by atoms with van der Waals surface area (Å²) in [4.78, 5) is 38.6. The molecule has 8 heteroatoms. The van der Waals surface area contributed by atoms with Crippen LogP contribution < -0.4 is 15.5 Å². The third kappa shape index (κ3) is 4.08. The number of nitrogens with zero attached hydrogens (tertiary/aromatic N) is 2. The Hall–Kier alpha value is -2.61. The number of imide groups is 1. The van der Waals surface area contributed by atoms with E-state index in [1.54, 1.807) is 25.1 Å². The molecule has 5 amide bonds. The number of hydrogen-bond donors (Lipinski definition) is 3. The van der Waals surface area contributed by atoms with Crippen LogP contribution in [0.2, 0.25) is 0 Å². The summed E-state index contributed by atoms with van der Waals surface area (Å²) in [5.74, 6) is -0.284. The molecule has 0 saturated carbocycles. The van der Waals surface area contributed by atoms with E-state index in [1.807, 2.05) is 6.92 Å². The standard InChI is InChI=1S/C17H24N4O4/c1-4-13(10-22)18-16(24)19-14-6-5-7-15(11(14)2)21-9-8-20(12(3)23)17(21)25/h5-7,13,22H,4,8-10H2,1-3H3,(H2,18,19,24)/t13-/m0/s1. The molecule has 136 valence electrons. The zero-order chi connectivity index (χ0) is 18.6. The van der Waals surface area contributed by atoms with Crippen LogP contribution in [0.15, 0.2) is 18.2 Å². The average molecular weight is 348 g/mol. The molecule has 25 heavy (non-hydrogen) atoms. The quantitative estimate of drug-likeness (QED) is 0.753. The van der Waals surface area contributed by atoms with Gasteiger partial charge in [0.15, 0.2) is 0 Å². The van der Waals surface area contributed by atoms with Crippen LogP contribution >= 0.6 is 0 Å². The fourth-order valence-electron chi connectivity index (χ4n) is 2.72. The highest BCUT2D eigenvalue weighted by Gasteiger charge is 2.33. The average Bonchev–Trinajstić information content (AvgIpc) is 2.96. The first kappa shape index (κ1) is 18.7. The van der Waals surface area contributed by atoms with Crippen molar-refractivity contribution in [1.82, 2.24) is 10.2 Å². The van der Waals surface area contributed by atoms with E-state index in [0.29, 0.717) is 30.9 Å². The van der Waals surface area contributed by atoms with E-state index < -0.39 is 6.03 Å². The van der Waals surface area contributed by atoms with Crippen LogP contribution in [0.4, 0.5) is 21.0 Å². The van der Waals surface area contributed by atoms with E-state index in [2.05, 4.69) is 10.6 Å². The van der Waals surface area contributed by atoms with Gasteiger partial charge in [-0.25, -0.2) is 9.59 Å². The molecule has 1 fully saturated rings. The highest BCUT2D eigenvalue weighted by atomic mass is 16.3. The lowest BCUT2D eigenvalue weighted by Gasteiger charge is -2.21. The summed E-state index contributed by atoms with van der Waals surface area (Å²) < 4.78 is 0. The van der Waals surface area contributed by atoms with E-state index in [0.717, 1.165) is 5.56 Å². The van der Waals surface area contributed by atoms with E-state index in [9.17, 15) is 14.4 Å². The van der Waals surface area contributed by atoms with Crippen molar-refractivity contribution < 1.29 is 19.5 Å². The number of carbonyl (C=O) groups excluding carboxylic acids is 3. The molecule has 1 aliphatic rings. The number of benzene rings is 1. The smallest absolute Gasteiger partial charge is 0.331 e. The molecule has 3 N–H and O–H groups in total. The van der Waals surface area contributed by atoms with Gasteiger partial charge in [-0.15, -0.1) is 0 Å². The Balaban J connectivity index is 2.16.